The Morgan fingerprint density at radius 2 is 1.89 bits per heavy atom. The molecule has 1 atom stereocenters. The Morgan fingerprint density at radius 1 is 1.33 bits per heavy atom. The van der Waals surface area contributed by atoms with Crippen LogP contribution in [-0.4, -0.2) is 23.7 Å². The van der Waals surface area contributed by atoms with Gasteiger partial charge in [0.2, 0.25) is 0 Å². The van der Waals surface area contributed by atoms with E-state index in [9.17, 15) is 23.1 Å². The molecule has 3 nitrogen and oxygen atoms in total. The van der Waals surface area contributed by atoms with E-state index in [1.807, 2.05) is 0 Å². The zero-order valence-electron chi connectivity index (χ0n) is 9.42. The molecule has 0 bridgehead atoms. The summed E-state index contributed by atoms with van der Waals surface area (Å²) >= 11 is 0. The van der Waals surface area contributed by atoms with Gasteiger partial charge < -0.3 is 10.4 Å². The zero-order valence-corrected chi connectivity index (χ0v) is 9.42. The number of carbonyl (C=O) groups is 1. The number of nitrogens with one attached hydrogen (secondary N) is 1. The molecule has 2 rings (SSSR count). The number of aliphatic hydroxyl groups is 1. The second-order valence-electron chi connectivity index (χ2n) is 4.37. The van der Waals surface area contributed by atoms with Gasteiger partial charge in [-0.25, -0.2) is 13.2 Å². The summed E-state index contributed by atoms with van der Waals surface area (Å²) in [4.78, 5) is 11.5. The fraction of sp³-hybridized carbons (Fsp3) is 0.417. The first-order valence-corrected chi connectivity index (χ1v) is 5.60. The maximum absolute atomic E-state index is 12.9. The van der Waals surface area contributed by atoms with E-state index in [-0.39, 0.29) is 18.0 Å². The normalized spacial score (nSPS) is 16.4. The van der Waals surface area contributed by atoms with E-state index in [0.717, 1.165) is 12.8 Å². The molecule has 0 aromatic heterocycles. The molecule has 1 unspecified atom stereocenters. The van der Waals surface area contributed by atoms with Crippen molar-refractivity contribution in [2.24, 2.45) is 5.92 Å². The van der Waals surface area contributed by atoms with Gasteiger partial charge in [0.05, 0.1) is 6.10 Å². The highest BCUT2D eigenvalue weighted by molar-refractivity contribution is 5.94. The van der Waals surface area contributed by atoms with Gasteiger partial charge in [-0.15, -0.1) is 0 Å². The molecule has 18 heavy (non-hydrogen) atoms. The van der Waals surface area contributed by atoms with Crippen LogP contribution in [0.1, 0.15) is 23.2 Å². The Morgan fingerprint density at radius 3 is 2.39 bits per heavy atom. The number of carbonyl (C=O) groups excluding carboxylic acids is 1. The van der Waals surface area contributed by atoms with Gasteiger partial charge in [-0.1, -0.05) is 0 Å². The molecular weight excluding hydrogens is 247 g/mol. The molecule has 0 aliphatic heterocycles. The smallest absolute Gasteiger partial charge is 0.251 e. The molecule has 1 aromatic carbocycles. The van der Waals surface area contributed by atoms with E-state index in [1.54, 1.807) is 0 Å². The fourth-order valence-electron chi connectivity index (χ4n) is 1.63. The lowest BCUT2D eigenvalue weighted by molar-refractivity contribution is 0.0900. The van der Waals surface area contributed by atoms with Crippen LogP contribution in [0.2, 0.25) is 0 Å². The SMILES string of the molecule is O=C(NCC(O)C1CC1)c1cc(F)c(F)c(F)c1. The van der Waals surface area contributed by atoms with Gasteiger partial charge in [0.15, 0.2) is 17.5 Å². The Bertz CT molecular complexity index is 451. The Labute approximate surface area is 102 Å². The third kappa shape index (κ3) is 2.81. The van der Waals surface area contributed by atoms with Crippen molar-refractivity contribution in [3.8, 4) is 0 Å². The lowest BCUT2D eigenvalue weighted by Gasteiger charge is -2.10. The van der Waals surface area contributed by atoms with Gasteiger partial charge in [0, 0.05) is 12.1 Å². The van der Waals surface area contributed by atoms with E-state index in [4.69, 9.17) is 0 Å². The molecule has 98 valence electrons. The maximum atomic E-state index is 12.9. The quantitative estimate of drug-likeness (QED) is 0.807. The van der Waals surface area contributed by atoms with Gasteiger partial charge in [-0.3, -0.25) is 4.79 Å². The lowest BCUT2D eigenvalue weighted by atomic mass is 10.1. The van der Waals surface area contributed by atoms with Crippen LogP contribution >= 0.6 is 0 Å². The van der Waals surface area contributed by atoms with Crippen LogP contribution in [0.4, 0.5) is 13.2 Å². The number of hydrogen-bond donors (Lipinski definition) is 2. The molecule has 2 N–H and O–H groups in total. The van der Waals surface area contributed by atoms with Crippen molar-refractivity contribution in [3.05, 3.63) is 35.1 Å². The average Bonchev–Trinajstić information content (AvgIpc) is 3.16. The standard InChI is InChI=1S/C12H12F3NO2/c13-8-3-7(4-9(14)11(8)15)12(18)16-5-10(17)6-1-2-6/h3-4,6,10,17H,1-2,5H2,(H,16,18). The Hall–Kier alpha value is -1.56. The first-order valence-electron chi connectivity index (χ1n) is 5.60. The largest absolute Gasteiger partial charge is 0.391 e. The second-order valence-corrected chi connectivity index (χ2v) is 4.37. The molecule has 0 radical (unpaired) electrons. The summed E-state index contributed by atoms with van der Waals surface area (Å²) in [6.07, 6.45) is 1.18. The molecular formula is C12H12F3NO2. The lowest BCUT2D eigenvalue weighted by Crippen LogP contribution is -2.33. The predicted molar refractivity (Wildman–Crippen MR) is 57.4 cm³/mol. The molecule has 1 aliphatic carbocycles. The minimum atomic E-state index is -1.61. The Kier molecular flexibility index (Phi) is 3.56. The molecule has 1 fully saturated rings. The number of rotatable bonds is 4. The van der Waals surface area contributed by atoms with Crippen LogP contribution in [0.5, 0.6) is 0 Å². The number of aliphatic hydroxyl groups excluding tert-OH is 1. The van der Waals surface area contributed by atoms with Gasteiger partial charge in [-0.2, -0.15) is 0 Å². The van der Waals surface area contributed by atoms with Crippen LogP contribution < -0.4 is 5.32 Å². The number of hydrogen-bond acceptors (Lipinski definition) is 2. The van der Waals surface area contributed by atoms with Crippen LogP contribution in [0.3, 0.4) is 0 Å². The predicted octanol–water partition coefficient (Wildman–Crippen LogP) is 1.60. The monoisotopic (exact) mass is 259 g/mol. The molecule has 6 heteroatoms. The number of amides is 1. The highest BCUT2D eigenvalue weighted by Crippen LogP contribution is 2.32. The van der Waals surface area contributed by atoms with Crippen LogP contribution in [0, 0.1) is 23.4 Å². The van der Waals surface area contributed by atoms with Crippen molar-refractivity contribution >= 4 is 5.91 Å². The molecule has 1 aliphatic rings. The molecule has 1 amide bonds. The fourth-order valence-corrected chi connectivity index (χ4v) is 1.63. The van der Waals surface area contributed by atoms with Crippen molar-refractivity contribution in [3.63, 3.8) is 0 Å². The minimum absolute atomic E-state index is 0.0180. The van der Waals surface area contributed by atoms with E-state index in [0.29, 0.717) is 12.1 Å². The molecule has 0 spiro atoms. The topological polar surface area (TPSA) is 49.3 Å². The average molecular weight is 259 g/mol. The summed E-state index contributed by atoms with van der Waals surface area (Å²) in [5, 5.41) is 11.9. The van der Waals surface area contributed by atoms with Gasteiger partial charge in [-0.05, 0) is 30.9 Å². The molecule has 1 saturated carbocycles. The third-order valence-corrected chi connectivity index (χ3v) is 2.88. The molecule has 0 heterocycles. The summed E-state index contributed by atoms with van der Waals surface area (Å²) in [7, 11) is 0. The summed E-state index contributed by atoms with van der Waals surface area (Å²) < 4.78 is 38.5. The third-order valence-electron chi connectivity index (χ3n) is 2.88. The second kappa shape index (κ2) is 4.97. The number of benzene rings is 1. The van der Waals surface area contributed by atoms with Crippen LogP contribution in [0.25, 0.3) is 0 Å². The first kappa shape index (κ1) is 12.9. The molecule has 1 aromatic rings. The first-order chi connectivity index (χ1) is 8.49. The van der Waals surface area contributed by atoms with E-state index >= 15 is 0 Å². The summed E-state index contributed by atoms with van der Waals surface area (Å²) in [5.74, 6) is -4.99. The summed E-state index contributed by atoms with van der Waals surface area (Å²) in [6, 6.07) is 1.24. The highest BCUT2D eigenvalue weighted by atomic mass is 19.2. The van der Waals surface area contributed by atoms with Crippen LogP contribution in [0.15, 0.2) is 12.1 Å². The highest BCUT2D eigenvalue weighted by Gasteiger charge is 2.29. The van der Waals surface area contributed by atoms with Gasteiger partial charge >= 0.3 is 0 Å². The minimum Gasteiger partial charge on any atom is -0.391 e. The van der Waals surface area contributed by atoms with E-state index < -0.39 is 29.5 Å². The van der Waals surface area contributed by atoms with Crippen molar-refractivity contribution in [1.82, 2.24) is 5.32 Å². The van der Waals surface area contributed by atoms with Crippen LogP contribution in [-0.2, 0) is 0 Å². The summed E-state index contributed by atoms with van der Waals surface area (Å²) in [5.41, 5.74) is -0.311. The van der Waals surface area contributed by atoms with Crippen molar-refractivity contribution in [2.45, 2.75) is 18.9 Å². The van der Waals surface area contributed by atoms with E-state index in [2.05, 4.69) is 5.32 Å². The van der Waals surface area contributed by atoms with E-state index in [1.165, 1.54) is 0 Å². The van der Waals surface area contributed by atoms with Gasteiger partial charge in [0.25, 0.3) is 5.91 Å². The van der Waals surface area contributed by atoms with Crippen molar-refractivity contribution < 1.29 is 23.1 Å². The summed E-state index contributed by atoms with van der Waals surface area (Å²) in [6.45, 7) is 0.0180. The molecule has 0 saturated heterocycles. The zero-order chi connectivity index (χ0) is 13.3. The maximum Gasteiger partial charge on any atom is 0.251 e. The van der Waals surface area contributed by atoms with Crippen molar-refractivity contribution in [1.29, 1.82) is 0 Å². The van der Waals surface area contributed by atoms with Gasteiger partial charge in [0.1, 0.15) is 0 Å². The Balaban J connectivity index is 1.99. The number of halogens is 3. The van der Waals surface area contributed by atoms with Crippen molar-refractivity contribution in [2.75, 3.05) is 6.54 Å².